The van der Waals surface area contributed by atoms with Gasteiger partial charge >= 0.3 is 5.97 Å². The van der Waals surface area contributed by atoms with E-state index in [1.165, 1.54) is 6.07 Å². The number of hydrogen-bond acceptors (Lipinski definition) is 2. The van der Waals surface area contributed by atoms with E-state index < -0.39 is 5.97 Å². The maximum atomic E-state index is 12.1. The number of aryl methyl sites for hydroxylation is 1. The first-order chi connectivity index (χ1) is 9.47. The number of carbonyl (C=O) groups is 2. The third-order valence-corrected chi connectivity index (χ3v) is 3.31. The highest BCUT2D eigenvalue weighted by atomic mass is 79.9. The van der Waals surface area contributed by atoms with Crippen LogP contribution in [-0.2, 0) is 0 Å². The largest absolute Gasteiger partial charge is 0.478 e. The summed E-state index contributed by atoms with van der Waals surface area (Å²) in [6, 6.07) is 11.8. The van der Waals surface area contributed by atoms with Crippen molar-refractivity contribution >= 4 is 33.5 Å². The topological polar surface area (TPSA) is 66.4 Å². The van der Waals surface area contributed by atoms with Gasteiger partial charge in [0.2, 0.25) is 0 Å². The van der Waals surface area contributed by atoms with Crippen LogP contribution in [0.25, 0.3) is 0 Å². The molecule has 5 heteroatoms. The van der Waals surface area contributed by atoms with Gasteiger partial charge in [-0.2, -0.15) is 0 Å². The zero-order valence-electron chi connectivity index (χ0n) is 10.7. The van der Waals surface area contributed by atoms with E-state index in [0.29, 0.717) is 16.8 Å². The number of aromatic carboxylic acids is 1. The number of carboxylic acid groups (broad SMARTS) is 1. The second-order valence-corrected chi connectivity index (χ2v) is 5.22. The van der Waals surface area contributed by atoms with Crippen LogP contribution in [0.4, 0.5) is 5.69 Å². The molecule has 102 valence electrons. The standard InChI is InChI=1S/C15H12BrNO3/c1-9-5-6-12(8-13(9)15(19)20)17-14(18)10-3-2-4-11(16)7-10/h2-8H,1H3,(H,17,18)(H,19,20). The minimum atomic E-state index is -1.01. The van der Waals surface area contributed by atoms with Crippen LogP contribution in [0.15, 0.2) is 46.9 Å². The molecule has 0 unspecified atom stereocenters. The van der Waals surface area contributed by atoms with Gasteiger partial charge < -0.3 is 10.4 Å². The molecular formula is C15H12BrNO3. The molecule has 0 bridgehead atoms. The lowest BCUT2D eigenvalue weighted by atomic mass is 10.1. The molecule has 0 saturated carbocycles. The minimum Gasteiger partial charge on any atom is -0.478 e. The second kappa shape index (κ2) is 5.88. The molecule has 2 N–H and O–H groups in total. The molecule has 0 aromatic heterocycles. The van der Waals surface area contributed by atoms with Crippen LogP contribution in [0.1, 0.15) is 26.3 Å². The van der Waals surface area contributed by atoms with Gasteiger partial charge in [0.25, 0.3) is 5.91 Å². The summed E-state index contributed by atoms with van der Waals surface area (Å²) >= 11 is 3.30. The lowest BCUT2D eigenvalue weighted by molar-refractivity contribution is 0.0695. The lowest BCUT2D eigenvalue weighted by Crippen LogP contribution is -2.12. The van der Waals surface area contributed by atoms with Gasteiger partial charge in [-0.05, 0) is 42.8 Å². The number of rotatable bonds is 3. The molecule has 0 aliphatic heterocycles. The third kappa shape index (κ3) is 3.24. The van der Waals surface area contributed by atoms with Crippen molar-refractivity contribution in [2.24, 2.45) is 0 Å². The van der Waals surface area contributed by atoms with Gasteiger partial charge in [-0.15, -0.1) is 0 Å². The SMILES string of the molecule is Cc1ccc(NC(=O)c2cccc(Br)c2)cc1C(=O)O. The molecule has 0 heterocycles. The average molecular weight is 334 g/mol. The Balaban J connectivity index is 2.24. The zero-order chi connectivity index (χ0) is 14.7. The van der Waals surface area contributed by atoms with E-state index in [9.17, 15) is 9.59 Å². The quantitative estimate of drug-likeness (QED) is 0.899. The van der Waals surface area contributed by atoms with Crippen molar-refractivity contribution < 1.29 is 14.7 Å². The molecule has 0 atom stereocenters. The second-order valence-electron chi connectivity index (χ2n) is 4.30. The lowest BCUT2D eigenvalue weighted by Gasteiger charge is -2.08. The van der Waals surface area contributed by atoms with Gasteiger partial charge in [0, 0.05) is 15.7 Å². The first kappa shape index (κ1) is 14.3. The average Bonchev–Trinajstić information content (AvgIpc) is 2.40. The zero-order valence-corrected chi connectivity index (χ0v) is 12.3. The highest BCUT2D eigenvalue weighted by Crippen LogP contribution is 2.17. The number of nitrogens with one attached hydrogen (secondary N) is 1. The van der Waals surface area contributed by atoms with Crippen LogP contribution in [-0.4, -0.2) is 17.0 Å². The Hall–Kier alpha value is -2.14. The van der Waals surface area contributed by atoms with E-state index in [2.05, 4.69) is 21.2 Å². The Morgan fingerprint density at radius 1 is 1.15 bits per heavy atom. The number of halogens is 1. The summed E-state index contributed by atoms with van der Waals surface area (Å²) in [7, 11) is 0. The molecule has 0 aliphatic carbocycles. The summed E-state index contributed by atoms with van der Waals surface area (Å²) in [5, 5.41) is 11.7. The summed E-state index contributed by atoms with van der Waals surface area (Å²) in [6.45, 7) is 1.71. The predicted molar refractivity (Wildman–Crippen MR) is 80.2 cm³/mol. The molecule has 0 radical (unpaired) electrons. The summed E-state index contributed by atoms with van der Waals surface area (Å²) in [5.41, 5.74) is 1.78. The van der Waals surface area contributed by atoms with E-state index in [0.717, 1.165) is 4.47 Å². The fraction of sp³-hybridized carbons (Fsp3) is 0.0667. The van der Waals surface area contributed by atoms with Crippen LogP contribution >= 0.6 is 15.9 Å². The van der Waals surface area contributed by atoms with Crippen LogP contribution in [0.2, 0.25) is 0 Å². The first-order valence-corrected chi connectivity index (χ1v) is 6.67. The molecule has 0 fully saturated rings. The fourth-order valence-corrected chi connectivity index (χ4v) is 2.16. The molecule has 0 saturated heterocycles. The summed E-state index contributed by atoms with van der Waals surface area (Å²) in [6.07, 6.45) is 0. The highest BCUT2D eigenvalue weighted by molar-refractivity contribution is 9.10. The summed E-state index contributed by atoms with van der Waals surface area (Å²) < 4.78 is 0.806. The number of carboxylic acids is 1. The van der Waals surface area contributed by atoms with E-state index in [1.807, 2.05) is 6.07 Å². The van der Waals surface area contributed by atoms with Crippen molar-refractivity contribution in [2.75, 3.05) is 5.32 Å². The van der Waals surface area contributed by atoms with Crippen LogP contribution < -0.4 is 5.32 Å². The van der Waals surface area contributed by atoms with Gasteiger partial charge in [-0.3, -0.25) is 4.79 Å². The van der Waals surface area contributed by atoms with Crippen molar-refractivity contribution in [3.05, 3.63) is 63.6 Å². The maximum Gasteiger partial charge on any atom is 0.336 e. The van der Waals surface area contributed by atoms with Crippen molar-refractivity contribution in [1.29, 1.82) is 0 Å². The van der Waals surface area contributed by atoms with Crippen molar-refractivity contribution in [1.82, 2.24) is 0 Å². The fourth-order valence-electron chi connectivity index (χ4n) is 1.76. The molecule has 0 aliphatic rings. The first-order valence-electron chi connectivity index (χ1n) is 5.88. The minimum absolute atomic E-state index is 0.178. The van der Waals surface area contributed by atoms with E-state index in [1.54, 1.807) is 37.3 Å². The van der Waals surface area contributed by atoms with Crippen molar-refractivity contribution in [2.45, 2.75) is 6.92 Å². The van der Waals surface area contributed by atoms with Gasteiger partial charge in [-0.1, -0.05) is 28.1 Å². The Kier molecular flexibility index (Phi) is 4.20. The Labute approximate surface area is 124 Å². The van der Waals surface area contributed by atoms with Gasteiger partial charge in [0.15, 0.2) is 0 Å². The number of hydrogen-bond donors (Lipinski definition) is 2. The number of benzene rings is 2. The highest BCUT2D eigenvalue weighted by Gasteiger charge is 2.10. The van der Waals surface area contributed by atoms with Crippen LogP contribution in [0, 0.1) is 6.92 Å². The van der Waals surface area contributed by atoms with Crippen LogP contribution in [0.5, 0.6) is 0 Å². The van der Waals surface area contributed by atoms with Gasteiger partial charge in [0.05, 0.1) is 5.56 Å². The number of anilines is 1. The molecule has 2 aromatic carbocycles. The normalized spacial score (nSPS) is 10.1. The van der Waals surface area contributed by atoms with Crippen LogP contribution in [0.3, 0.4) is 0 Å². The van der Waals surface area contributed by atoms with E-state index in [-0.39, 0.29) is 11.5 Å². The third-order valence-electron chi connectivity index (χ3n) is 2.81. The Bertz CT molecular complexity index is 683. The van der Waals surface area contributed by atoms with Gasteiger partial charge in [0.1, 0.15) is 0 Å². The smallest absolute Gasteiger partial charge is 0.336 e. The number of carbonyl (C=O) groups excluding carboxylic acids is 1. The molecule has 0 spiro atoms. The van der Waals surface area contributed by atoms with Gasteiger partial charge in [-0.25, -0.2) is 4.79 Å². The molecule has 20 heavy (non-hydrogen) atoms. The Morgan fingerprint density at radius 2 is 1.90 bits per heavy atom. The Morgan fingerprint density at radius 3 is 2.55 bits per heavy atom. The maximum absolute atomic E-state index is 12.1. The van der Waals surface area contributed by atoms with E-state index in [4.69, 9.17) is 5.11 Å². The molecule has 2 aromatic rings. The van der Waals surface area contributed by atoms with E-state index >= 15 is 0 Å². The summed E-state index contributed by atoms with van der Waals surface area (Å²) in [5.74, 6) is -1.30. The van der Waals surface area contributed by atoms with Crippen molar-refractivity contribution in [3.63, 3.8) is 0 Å². The number of amides is 1. The predicted octanol–water partition coefficient (Wildman–Crippen LogP) is 3.71. The molecule has 2 rings (SSSR count). The molecular weight excluding hydrogens is 322 g/mol. The summed E-state index contributed by atoms with van der Waals surface area (Å²) in [4.78, 5) is 23.1. The van der Waals surface area contributed by atoms with Crippen molar-refractivity contribution in [3.8, 4) is 0 Å². The molecule has 4 nitrogen and oxygen atoms in total. The molecule has 1 amide bonds. The monoisotopic (exact) mass is 333 g/mol.